The number of rotatable bonds is 3. The standard InChI is InChI=1S/C27H21NO2/c1-18-8-6-13-22-20(18)16-15-19-9-2-3-10-21(19)23(22)14-7-17-28-26(29)24-11-4-5-12-25(24)27(28)30/h2-6,8-16H,7,17H2,1H3. The summed E-state index contributed by atoms with van der Waals surface area (Å²) in [5.74, 6) is -0.402. The second-order valence-corrected chi connectivity index (χ2v) is 7.67. The zero-order chi connectivity index (χ0) is 20.7. The van der Waals surface area contributed by atoms with Crippen LogP contribution in [0.15, 0.2) is 72.8 Å². The zero-order valence-corrected chi connectivity index (χ0v) is 16.8. The van der Waals surface area contributed by atoms with Crippen molar-refractivity contribution >= 4 is 29.5 Å². The number of nitrogens with zero attached hydrogens (tertiary/aromatic N) is 1. The van der Waals surface area contributed by atoms with E-state index in [0.29, 0.717) is 24.1 Å². The van der Waals surface area contributed by atoms with Gasteiger partial charge in [-0.15, -0.1) is 0 Å². The van der Waals surface area contributed by atoms with Crippen LogP contribution in [0.2, 0.25) is 0 Å². The highest BCUT2D eigenvalue weighted by Crippen LogP contribution is 2.35. The molecule has 0 radical (unpaired) electrons. The summed E-state index contributed by atoms with van der Waals surface area (Å²) in [6.07, 6.45) is 7.09. The number of carbonyl (C=O) groups excluding carboxylic acids is 2. The van der Waals surface area contributed by atoms with Gasteiger partial charge in [-0.25, -0.2) is 0 Å². The summed E-state index contributed by atoms with van der Waals surface area (Å²) < 4.78 is 0. The molecule has 5 rings (SSSR count). The third kappa shape index (κ3) is 2.91. The first kappa shape index (κ1) is 18.3. The normalized spacial score (nSPS) is 15.8. The van der Waals surface area contributed by atoms with Crippen LogP contribution in [0.5, 0.6) is 0 Å². The van der Waals surface area contributed by atoms with Crippen molar-refractivity contribution in [2.75, 3.05) is 6.54 Å². The number of benzene rings is 3. The third-order valence-electron chi connectivity index (χ3n) is 5.87. The predicted octanol–water partition coefficient (Wildman–Crippen LogP) is 5.60. The summed E-state index contributed by atoms with van der Waals surface area (Å²) in [5, 5.41) is 0. The molecule has 0 fully saturated rings. The molecule has 0 bridgehead atoms. The average molecular weight is 391 g/mol. The largest absolute Gasteiger partial charge is 0.274 e. The first-order valence-corrected chi connectivity index (χ1v) is 10.2. The second kappa shape index (κ2) is 7.27. The Morgan fingerprint density at radius 1 is 0.733 bits per heavy atom. The fourth-order valence-electron chi connectivity index (χ4n) is 4.34. The van der Waals surface area contributed by atoms with Gasteiger partial charge in [-0.05, 0) is 58.9 Å². The number of fused-ring (bicyclic) bond motifs is 3. The van der Waals surface area contributed by atoms with Crippen LogP contribution in [0.1, 0.15) is 55.0 Å². The highest BCUT2D eigenvalue weighted by molar-refractivity contribution is 6.21. The van der Waals surface area contributed by atoms with Gasteiger partial charge in [-0.1, -0.05) is 72.8 Å². The second-order valence-electron chi connectivity index (χ2n) is 7.67. The number of amides is 2. The smallest absolute Gasteiger partial charge is 0.261 e. The summed E-state index contributed by atoms with van der Waals surface area (Å²) in [7, 11) is 0. The SMILES string of the molecule is Cc1cccc2c1C=Cc1ccccc1C2=CCCN1C(=O)c2ccccc2C1=O. The topological polar surface area (TPSA) is 37.4 Å². The van der Waals surface area contributed by atoms with E-state index in [0.717, 1.165) is 5.57 Å². The lowest BCUT2D eigenvalue weighted by molar-refractivity contribution is 0.0657. The molecule has 3 aromatic rings. The van der Waals surface area contributed by atoms with E-state index < -0.39 is 0 Å². The Labute approximate surface area is 176 Å². The highest BCUT2D eigenvalue weighted by atomic mass is 16.2. The Bertz CT molecular complexity index is 1210. The van der Waals surface area contributed by atoms with Crippen molar-refractivity contribution in [1.29, 1.82) is 0 Å². The van der Waals surface area contributed by atoms with E-state index in [1.165, 1.54) is 32.7 Å². The van der Waals surface area contributed by atoms with E-state index in [2.05, 4.69) is 55.5 Å². The Morgan fingerprint density at radius 2 is 1.37 bits per heavy atom. The lowest BCUT2D eigenvalue weighted by Gasteiger charge is -2.15. The number of hydrogen-bond acceptors (Lipinski definition) is 2. The predicted molar refractivity (Wildman–Crippen MR) is 120 cm³/mol. The quantitative estimate of drug-likeness (QED) is 0.427. The van der Waals surface area contributed by atoms with Crippen molar-refractivity contribution in [3.8, 4) is 0 Å². The molecule has 0 unspecified atom stereocenters. The van der Waals surface area contributed by atoms with Gasteiger partial charge in [-0.3, -0.25) is 14.5 Å². The molecular formula is C27H21NO2. The van der Waals surface area contributed by atoms with Gasteiger partial charge in [0, 0.05) is 6.54 Å². The van der Waals surface area contributed by atoms with E-state index in [1.54, 1.807) is 24.3 Å². The summed E-state index contributed by atoms with van der Waals surface area (Å²) in [6.45, 7) is 2.49. The van der Waals surface area contributed by atoms with Gasteiger partial charge in [0.05, 0.1) is 11.1 Å². The molecule has 146 valence electrons. The summed E-state index contributed by atoms with van der Waals surface area (Å²) in [6, 6.07) is 21.7. The zero-order valence-electron chi connectivity index (χ0n) is 16.8. The van der Waals surface area contributed by atoms with E-state index >= 15 is 0 Å². The maximum Gasteiger partial charge on any atom is 0.261 e. The Kier molecular flexibility index (Phi) is 4.44. The first-order valence-electron chi connectivity index (χ1n) is 10.2. The van der Waals surface area contributed by atoms with Gasteiger partial charge in [0.1, 0.15) is 0 Å². The Morgan fingerprint density at radius 3 is 2.10 bits per heavy atom. The molecule has 1 heterocycles. The molecule has 0 spiro atoms. The summed E-state index contributed by atoms with van der Waals surface area (Å²) in [4.78, 5) is 26.7. The van der Waals surface area contributed by atoms with Crippen molar-refractivity contribution in [3.63, 3.8) is 0 Å². The molecular weight excluding hydrogens is 370 g/mol. The minimum atomic E-state index is -0.201. The van der Waals surface area contributed by atoms with E-state index in [9.17, 15) is 9.59 Å². The molecule has 0 saturated heterocycles. The monoisotopic (exact) mass is 391 g/mol. The highest BCUT2D eigenvalue weighted by Gasteiger charge is 2.34. The minimum absolute atomic E-state index is 0.201. The van der Waals surface area contributed by atoms with Crippen molar-refractivity contribution in [2.45, 2.75) is 13.3 Å². The van der Waals surface area contributed by atoms with Crippen molar-refractivity contribution in [3.05, 3.63) is 112 Å². The summed E-state index contributed by atoms with van der Waals surface area (Å²) in [5.41, 5.74) is 8.09. The number of hydrogen-bond donors (Lipinski definition) is 0. The first-order chi connectivity index (χ1) is 14.6. The molecule has 30 heavy (non-hydrogen) atoms. The van der Waals surface area contributed by atoms with Crippen LogP contribution in [0.3, 0.4) is 0 Å². The van der Waals surface area contributed by atoms with Crippen LogP contribution in [0.25, 0.3) is 17.7 Å². The fraction of sp³-hybridized carbons (Fsp3) is 0.111. The van der Waals surface area contributed by atoms with Crippen molar-refractivity contribution in [1.82, 2.24) is 4.90 Å². The maximum atomic E-state index is 12.7. The van der Waals surface area contributed by atoms with Gasteiger partial charge in [0.15, 0.2) is 0 Å². The molecule has 0 atom stereocenters. The van der Waals surface area contributed by atoms with Gasteiger partial charge in [-0.2, -0.15) is 0 Å². The fourth-order valence-corrected chi connectivity index (χ4v) is 4.34. The van der Waals surface area contributed by atoms with Gasteiger partial charge < -0.3 is 0 Å². The van der Waals surface area contributed by atoms with Crippen LogP contribution < -0.4 is 0 Å². The lowest BCUT2D eigenvalue weighted by Crippen LogP contribution is -2.30. The molecule has 1 aliphatic carbocycles. The van der Waals surface area contributed by atoms with Gasteiger partial charge >= 0.3 is 0 Å². The molecule has 3 heteroatoms. The maximum absolute atomic E-state index is 12.7. The van der Waals surface area contributed by atoms with Crippen LogP contribution in [0.4, 0.5) is 0 Å². The third-order valence-corrected chi connectivity index (χ3v) is 5.87. The number of carbonyl (C=O) groups is 2. The number of imide groups is 1. The lowest BCUT2D eigenvalue weighted by atomic mass is 9.91. The minimum Gasteiger partial charge on any atom is -0.274 e. The molecule has 1 aliphatic heterocycles. The average Bonchev–Trinajstić information content (AvgIpc) is 2.91. The van der Waals surface area contributed by atoms with E-state index in [4.69, 9.17) is 0 Å². The van der Waals surface area contributed by atoms with Gasteiger partial charge in [0.2, 0.25) is 0 Å². The van der Waals surface area contributed by atoms with Crippen LogP contribution in [-0.2, 0) is 0 Å². The summed E-state index contributed by atoms with van der Waals surface area (Å²) >= 11 is 0. The van der Waals surface area contributed by atoms with Crippen LogP contribution in [-0.4, -0.2) is 23.3 Å². The van der Waals surface area contributed by atoms with Crippen molar-refractivity contribution in [2.24, 2.45) is 0 Å². The van der Waals surface area contributed by atoms with E-state index in [1.807, 2.05) is 12.1 Å². The molecule has 0 aromatic heterocycles. The molecule has 0 N–H and O–H groups in total. The number of aryl methyl sites for hydroxylation is 1. The molecule has 3 nitrogen and oxygen atoms in total. The van der Waals surface area contributed by atoms with Crippen molar-refractivity contribution < 1.29 is 9.59 Å². The molecule has 2 amide bonds. The van der Waals surface area contributed by atoms with E-state index in [-0.39, 0.29) is 11.8 Å². The van der Waals surface area contributed by atoms with Gasteiger partial charge in [0.25, 0.3) is 11.8 Å². The Hall–Kier alpha value is -3.72. The molecule has 3 aromatic carbocycles. The molecule has 2 aliphatic rings. The molecule has 0 saturated carbocycles. The Balaban J connectivity index is 1.49. The van der Waals surface area contributed by atoms with Crippen LogP contribution >= 0.6 is 0 Å². The van der Waals surface area contributed by atoms with Crippen LogP contribution in [0, 0.1) is 6.92 Å².